The van der Waals surface area contributed by atoms with E-state index in [1.54, 1.807) is 6.20 Å². The molecule has 0 bridgehead atoms. The Morgan fingerprint density at radius 2 is 2.09 bits per heavy atom. The van der Waals surface area contributed by atoms with Gasteiger partial charge in [0, 0.05) is 6.20 Å². The fourth-order valence-electron chi connectivity index (χ4n) is 2.28. The zero-order valence-corrected chi connectivity index (χ0v) is 13.5. The van der Waals surface area contributed by atoms with Gasteiger partial charge in [0.15, 0.2) is 5.82 Å². The van der Waals surface area contributed by atoms with Gasteiger partial charge in [-0.25, -0.2) is 0 Å². The number of aromatic hydroxyl groups is 1. The largest absolute Gasteiger partial charge is 0.507 e. The van der Waals surface area contributed by atoms with Crippen LogP contribution in [0.1, 0.15) is 22.5 Å². The highest BCUT2D eigenvalue weighted by molar-refractivity contribution is 8.06. The molecule has 0 fully saturated rings. The summed E-state index contributed by atoms with van der Waals surface area (Å²) in [5.41, 5.74) is 2.44. The van der Waals surface area contributed by atoms with Gasteiger partial charge < -0.3 is 10.0 Å². The van der Waals surface area contributed by atoms with Gasteiger partial charge in [-0.1, -0.05) is 17.0 Å². The zero-order valence-electron chi connectivity index (χ0n) is 12.6. The van der Waals surface area contributed by atoms with Crippen LogP contribution in [0.2, 0.25) is 0 Å². The van der Waals surface area contributed by atoms with Gasteiger partial charge >= 0.3 is 0 Å². The Balaban J connectivity index is 1.85. The van der Waals surface area contributed by atoms with E-state index >= 15 is 0 Å². The molecule has 1 amide bonds. The number of amides is 1. The van der Waals surface area contributed by atoms with E-state index in [2.05, 4.69) is 20.6 Å². The number of benzene rings is 1. The van der Waals surface area contributed by atoms with E-state index in [0.29, 0.717) is 10.7 Å². The van der Waals surface area contributed by atoms with Crippen LogP contribution < -0.4 is 0 Å². The summed E-state index contributed by atoms with van der Waals surface area (Å²) in [6.07, 6.45) is 3.52. The van der Waals surface area contributed by atoms with E-state index in [9.17, 15) is 9.90 Å². The van der Waals surface area contributed by atoms with Crippen molar-refractivity contribution in [1.82, 2.24) is 25.5 Å². The van der Waals surface area contributed by atoms with Gasteiger partial charge in [0.1, 0.15) is 5.75 Å². The third-order valence-corrected chi connectivity index (χ3v) is 4.22. The van der Waals surface area contributed by atoms with Crippen molar-refractivity contribution >= 4 is 23.7 Å². The number of phenols is 1. The second-order valence-electron chi connectivity index (χ2n) is 5.18. The lowest BCUT2D eigenvalue weighted by atomic mass is 10.1. The molecule has 7 nitrogen and oxygen atoms in total. The number of aryl methyl sites for hydroxylation is 2. The number of carbonyl (C=O) groups is 1. The van der Waals surface area contributed by atoms with E-state index < -0.39 is 0 Å². The molecule has 1 aromatic heterocycles. The van der Waals surface area contributed by atoms with Crippen LogP contribution >= 0.6 is 11.8 Å². The molecule has 2 N–H and O–H groups in total. The van der Waals surface area contributed by atoms with Crippen molar-refractivity contribution in [2.24, 2.45) is 0 Å². The molecule has 118 valence electrons. The highest BCUT2D eigenvalue weighted by atomic mass is 32.2. The minimum Gasteiger partial charge on any atom is -0.507 e. The lowest BCUT2D eigenvalue weighted by Crippen LogP contribution is -2.28. The molecule has 0 spiro atoms. The van der Waals surface area contributed by atoms with Crippen molar-refractivity contribution in [1.29, 1.82) is 0 Å². The van der Waals surface area contributed by atoms with Crippen molar-refractivity contribution in [3.8, 4) is 5.75 Å². The molecular weight excluding hydrogens is 314 g/mol. The molecule has 23 heavy (non-hydrogen) atoms. The summed E-state index contributed by atoms with van der Waals surface area (Å²) in [5.74, 6) is 0.615. The van der Waals surface area contributed by atoms with Crippen LogP contribution in [-0.2, 0) is 11.3 Å². The maximum Gasteiger partial charge on any atom is 0.265 e. The SMILES string of the molecule is Cc1cc(/C=C2\SC=CN(Cc3nn[nH]n3)C2=O)cc(C)c1O. The number of nitrogens with one attached hydrogen (secondary N) is 1. The average molecular weight is 329 g/mol. The fourth-order valence-corrected chi connectivity index (χ4v) is 3.06. The molecule has 0 aliphatic carbocycles. The summed E-state index contributed by atoms with van der Waals surface area (Å²) < 4.78 is 0. The Morgan fingerprint density at radius 3 is 2.74 bits per heavy atom. The van der Waals surface area contributed by atoms with Crippen LogP contribution in [0.3, 0.4) is 0 Å². The van der Waals surface area contributed by atoms with Gasteiger partial charge in [0.25, 0.3) is 5.91 Å². The first-order valence-corrected chi connectivity index (χ1v) is 7.81. The number of carbonyl (C=O) groups excluding carboxylic acids is 1. The van der Waals surface area contributed by atoms with E-state index in [4.69, 9.17) is 0 Å². The summed E-state index contributed by atoms with van der Waals surface area (Å²) >= 11 is 1.36. The molecule has 0 saturated heterocycles. The van der Waals surface area contributed by atoms with E-state index in [1.807, 2.05) is 37.5 Å². The zero-order chi connectivity index (χ0) is 16.4. The predicted octanol–water partition coefficient (Wildman–Crippen LogP) is 2.11. The molecule has 0 atom stereocenters. The Bertz CT molecular complexity index is 775. The lowest BCUT2D eigenvalue weighted by Gasteiger charge is -2.21. The van der Waals surface area contributed by atoms with Crippen LogP contribution in [0.5, 0.6) is 5.75 Å². The molecule has 2 aromatic rings. The highest BCUT2D eigenvalue weighted by Crippen LogP contribution is 2.30. The second kappa shape index (κ2) is 6.25. The van der Waals surface area contributed by atoms with Crippen LogP contribution in [0.4, 0.5) is 0 Å². The standard InChI is InChI=1S/C15H15N5O2S/c1-9-5-11(6-10(2)14(9)21)7-12-15(22)20(3-4-23-12)8-13-16-18-19-17-13/h3-7,21H,8H2,1-2H3,(H,16,17,18,19)/b12-7-. The number of tetrazole rings is 1. The number of hydrogen-bond donors (Lipinski definition) is 2. The van der Waals surface area contributed by atoms with Crippen LogP contribution in [-0.4, -0.2) is 36.5 Å². The molecule has 0 radical (unpaired) electrons. The van der Waals surface area contributed by atoms with E-state index in [1.165, 1.54) is 16.7 Å². The number of nitrogens with zero attached hydrogens (tertiary/aromatic N) is 4. The van der Waals surface area contributed by atoms with Crippen molar-refractivity contribution in [3.05, 3.63) is 51.2 Å². The molecular formula is C15H15N5O2S. The third kappa shape index (κ3) is 3.26. The van der Waals surface area contributed by atoms with Gasteiger partial charge in [0.2, 0.25) is 0 Å². The summed E-state index contributed by atoms with van der Waals surface area (Å²) in [5, 5.41) is 25.2. The number of aromatic amines is 1. The molecule has 2 heterocycles. The smallest absolute Gasteiger partial charge is 0.265 e. The summed E-state index contributed by atoms with van der Waals surface area (Å²) in [6.45, 7) is 3.93. The first-order chi connectivity index (χ1) is 11.0. The number of phenolic OH excluding ortho intramolecular Hbond substituents is 1. The van der Waals surface area contributed by atoms with Crippen LogP contribution in [0.15, 0.2) is 28.6 Å². The number of aromatic nitrogens is 4. The minimum absolute atomic E-state index is 0.120. The van der Waals surface area contributed by atoms with Crippen LogP contribution in [0.25, 0.3) is 6.08 Å². The number of rotatable bonds is 3. The number of thioether (sulfide) groups is 1. The van der Waals surface area contributed by atoms with Crippen LogP contribution in [0, 0.1) is 13.8 Å². The highest BCUT2D eigenvalue weighted by Gasteiger charge is 2.22. The first-order valence-electron chi connectivity index (χ1n) is 6.93. The molecule has 1 aliphatic rings. The van der Waals surface area contributed by atoms with Gasteiger partial charge in [0.05, 0.1) is 11.4 Å². The Labute approximate surface area is 137 Å². The van der Waals surface area contributed by atoms with E-state index in [-0.39, 0.29) is 18.2 Å². The quantitative estimate of drug-likeness (QED) is 0.838. The topological polar surface area (TPSA) is 95.0 Å². The predicted molar refractivity (Wildman–Crippen MR) is 87.0 cm³/mol. The molecule has 0 unspecified atom stereocenters. The molecule has 1 aliphatic heterocycles. The Kier molecular flexibility index (Phi) is 4.16. The Hall–Kier alpha value is -2.61. The monoisotopic (exact) mass is 329 g/mol. The van der Waals surface area contributed by atoms with Crippen molar-refractivity contribution in [2.45, 2.75) is 20.4 Å². The summed E-state index contributed by atoms with van der Waals surface area (Å²) in [6, 6.07) is 3.70. The van der Waals surface area contributed by atoms with Crippen molar-refractivity contribution in [3.63, 3.8) is 0 Å². The maximum atomic E-state index is 12.5. The number of H-pyrrole nitrogens is 1. The Morgan fingerprint density at radius 1 is 1.35 bits per heavy atom. The first kappa shape index (κ1) is 15.3. The van der Waals surface area contributed by atoms with Gasteiger partial charge in [-0.2, -0.15) is 5.21 Å². The normalized spacial score (nSPS) is 16.3. The van der Waals surface area contributed by atoms with Crippen molar-refractivity contribution in [2.75, 3.05) is 0 Å². The summed E-state index contributed by atoms with van der Waals surface area (Å²) in [7, 11) is 0. The van der Waals surface area contributed by atoms with Crippen molar-refractivity contribution < 1.29 is 9.90 Å². The molecule has 1 aromatic carbocycles. The maximum absolute atomic E-state index is 12.5. The molecule has 3 rings (SSSR count). The molecule has 0 saturated carbocycles. The van der Waals surface area contributed by atoms with Gasteiger partial charge in [-0.3, -0.25) is 4.79 Å². The lowest BCUT2D eigenvalue weighted by molar-refractivity contribution is -0.124. The molecule has 8 heteroatoms. The minimum atomic E-state index is -0.120. The third-order valence-electron chi connectivity index (χ3n) is 3.42. The number of hydrogen-bond acceptors (Lipinski definition) is 6. The average Bonchev–Trinajstić information content (AvgIpc) is 3.02. The van der Waals surface area contributed by atoms with Gasteiger partial charge in [-0.05, 0) is 54.2 Å². The summed E-state index contributed by atoms with van der Waals surface area (Å²) in [4.78, 5) is 14.7. The van der Waals surface area contributed by atoms with E-state index in [0.717, 1.165) is 16.7 Å². The fraction of sp³-hybridized carbons (Fsp3) is 0.200. The second-order valence-corrected chi connectivity index (χ2v) is 6.12. The van der Waals surface area contributed by atoms with Gasteiger partial charge in [-0.15, -0.1) is 10.2 Å².